The van der Waals surface area contributed by atoms with Crippen LogP contribution < -0.4 is 5.32 Å². The van der Waals surface area contributed by atoms with Crippen LogP contribution in [-0.2, 0) is 0 Å². The third kappa shape index (κ3) is 1.97. The van der Waals surface area contributed by atoms with Gasteiger partial charge in [-0.05, 0) is 30.4 Å². The van der Waals surface area contributed by atoms with Gasteiger partial charge in [-0.25, -0.2) is 0 Å². The molecule has 0 atom stereocenters. The fraction of sp³-hybridized carbons (Fsp3) is 0. The first-order valence-electron chi connectivity index (χ1n) is 2.81. The fourth-order valence-corrected chi connectivity index (χ4v) is 0.680. The van der Waals surface area contributed by atoms with E-state index >= 15 is 0 Å². The highest BCUT2D eigenvalue weighted by Crippen LogP contribution is 1.99. The lowest BCUT2D eigenvalue weighted by atomic mass is 10.4. The molecule has 0 bridgehead atoms. The molecule has 3 heteroatoms. The van der Waals surface area contributed by atoms with Crippen LogP contribution in [0, 0.1) is 0 Å². The summed E-state index contributed by atoms with van der Waals surface area (Å²) < 4.78 is 0. The number of rotatable bonds is 1. The first-order chi connectivity index (χ1) is 4.93. The van der Waals surface area contributed by atoms with Gasteiger partial charge in [0.05, 0.1) is 10.9 Å². The Kier molecular flexibility index (Phi) is 2.62. The zero-order chi connectivity index (χ0) is 7.23. The van der Waals surface area contributed by atoms with E-state index in [1.165, 1.54) is 0 Å². The van der Waals surface area contributed by atoms with Gasteiger partial charge < -0.3 is 5.32 Å². The van der Waals surface area contributed by atoms with Gasteiger partial charge in [-0.3, -0.25) is 0 Å². The van der Waals surface area contributed by atoms with E-state index in [-0.39, 0.29) is 1.43 Å². The standard InChI is InChI=1S/C7H6N2S/c10-6-9-7-2-1-4-8-5-3-7/h1-5,8H/p+1. The van der Waals surface area contributed by atoms with Crippen LogP contribution in [0.2, 0.25) is 0 Å². The van der Waals surface area contributed by atoms with Crippen LogP contribution in [0.1, 0.15) is 1.43 Å². The van der Waals surface area contributed by atoms with Gasteiger partial charge in [0.1, 0.15) is 0 Å². The summed E-state index contributed by atoms with van der Waals surface area (Å²) in [7, 11) is 0. The quantitative estimate of drug-likeness (QED) is 0.456. The molecule has 0 fully saturated rings. The highest BCUT2D eigenvalue weighted by atomic mass is 32.1. The van der Waals surface area contributed by atoms with E-state index in [0.29, 0.717) is 0 Å². The first kappa shape index (κ1) is 6.93. The summed E-state index contributed by atoms with van der Waals surface area (Å²) in [5.74, 6) is 0. The number of allylic oxidation sites excluding steroid dienone is 3. The van der Waals surface area contributed by atoms with Gasteiger partial charge in [0.2, 0.25) is 0 Å². The Balaban J connectivity index is 0.000001000. The molecule has 0 amide bonds. The molecule has 0 radical (unpaired) electrons. The average molecular weight is 151 g/mol. The van der Waals surface area contributed by atoms with Crippen molar-refractivity contribution >= 4 is 17.4 Å². The van der Waals surface area contributed by atoms with E-state index in [0.717, 1.165) is 5.70 Å². The van der Waals surface area contributed by atoms with Crippen molar-refractivity contribution < 1.29 is 1.43 Å². The van der Waals surface area contributed by atoms with E-state index < -0.39 is 0 Å². The lowest BCUT2D eigenvalue weighted by Gasteiger charge is -1.83. The Morgan fingerprint density at radius 3 is 3.30 bits per heavy atom. The molecule has 0 aliphatic carbocycles. The molecule has 0 unspecified atom stereocenters. The van der Waals surface area contributed by atoms with Crippen LogP contribution in [0.3, 0.4) is 0 Å². The molecule has 0 saturated heterocycles. The zero-order valence-corrected chi connectivity index (χ0v) is 6.06. The molecule has 10 heavy (non-hydrogen) atoms. The topological polar surface area (TPSA) is 24.4 Å². The van der Waals surface area contributed by atoms with Crippen molar-refractivity contribution in [2.75, 3.05) is 0 Å². The molecule has 2 nitrogen and oxygen atoms in total. The predicted octanol–water partition coefficient (Wildman–Crippen LogP) is 1.72. The van der Waals surface area contributed by atoms with Gasteiger partial charge in [0, 0.05) is 12.4 Å². The maximum Gasteiger partial charge on any atom is 1.00 e. The third-order valence-electron chi connectivity index (χ3n) is 0.984. The summed E-state index contributed by atoms with van der Waals surface area (Å²) in [6.45, 7) is 0. The third-order valence-corrected chi connectivity index (χ3v) is 1.08. The normalized spacial score (nSPS) is 14.6. The minimum absolute atomic E-state index is 0. The van der Waals surface area contributed by atoms with Crippen LogP contribution in [0.5, 0.6) is 0 Å². The summed E-state index contributed by atoms with van der Waals surface area (Å²) in [6, 6.07) is 0. The Bertz CT molecular complexity index is 249. The number of nitrogens with one attached hydrogen (secondary N) is 1. The lowest BCUT2D eigenvalue weighted by Crippen LogP contribution is -1.87. The second-order valence-corrected chi connectivity index (χ2v) is 1.84. The number of nitrogens with zero attached hydrogens (tertiary/aromatic N) is 1. The number of hydrogen-bond donors (Lipinski definition) is 1. The molecule has 0 aromatic carbocycles. The predicted molar refractivity (Wildman–Crippen MR) is 45.6 cm³/mol. The molecule has 1 rings (SSSR count). The smallest absolute Gasteiger partial charge is 0.368 e. The summed E-state index contributed by atoms with van der Waals surface area (Å²) in [5.41, 5.74) is 0.802. The second-order valence-electron chi connectivity index (χ2n) is 1.65. The molecule has 1 heterocycles. The minimum Gasteiger partial charge on any atom is -0.368 e. The van der Waals surface area contributed by atoms with Crippen molar-refractivity contribution in [3.63, 3.8) is 0 Å². The van der Waals surface area contributed by atoms with Crippen LogP contribution in [0.4, 0.5) is 0 Å². The summed E-state index contributed by atoms with van der Waals surface area (Å²) in [5, 5.41) is 5.19. The van der Waals surface area contributed by atoms with Crippen molar-refractivity contribution in [2.24, 2.45) is 4.99 Å². The van der Waals surface area contributed by atoms with E-state index in [9.17, 15) is 0 Å². The van der Waals surface area contributed by atoms with Crippen LogP contribution >= 0.6 is 12.2 Å². The monoisotopic (exact) mass is 151 g/mol. The Morgan fingerprint density at radius 2 is 2.50 bits per heavy atom. The van der Waals surface area contributed by atoms with E-state index in [2.05, 4.69) is 27.7 Å². The lowest BCUT2D eigenvalue weighted by molar-refractivity contribution is 1.20. The van der Waals surface area contributed by atoms with E-state index in [4.69, 9.17) is 0 Å². The van der Waals surface area contributed by atoms with Crippen molar-refractivity contribution in [3.05, 3.63) is 36.3 Å². The summed E-state index contributed by atoms with van der Waals surface area (Å²) in [6.07, 6.45) is 9.11. The zero-order valence-electron chi connectivity index (χ0n) is 6.24. The molecule has 50 valence electrons. The summed E-state index contributed by atoms with van der Waals surface area (Å²) >= 11 is 4.44. The van der Waals surface area contributed by atoms with Crippen LogP contribution in [0.15, 0.2) is 41.3 Å². The number of isothiocyanates is 1. The van der Waals surface area contributed by atoms with Gasteiger partial charge in [0.15, 0.2) is 0 Å². The Labute approximate surface area is 66.1 Å². The molecule has 0 saturated carbocycles. The highest BCUT2D eigenvalue weighted by molar-refractivity contribution is 7.78. The second kappa shape index (κ2) is 3.77. The van der Waals surface area contributed by atoms with E-state index in [1.54, 1.807) is 6.20 Å². The van der Waals surface area contributed by atoms with Gasteiger partial charge >= 0.3 is 1.43 Å². The molecule has 0 spiro atoms. The van der Waals surface area contributed by atoms with E-state index in [1.807, 2.05) is 24.4 Å². The molecule has 0 aromatic rings. The fourth-order valence-electron chi connectivity index (χ4n) is 0.574. The molecular formula is C7H7N2S+. The average Bonchev–Trinajstić information content (AvgIpc) is 2.17. The Hall–Kier alpha value is -1.18. The van der Waals surface area contributed by atoms with Gasteiger partial charge in [0.25, 0.3) is 0 Å². The molecular weight excluding hydrogens is 144 g/mol. The molecule has 1 N–H and O–H groups in total. The van der Waals surface area contributed by atoms with Gasteiger partial charge in [-0.1, -0.05) is 0 Å². The molecule has 0 aromatic heterocycles. The highest BCUT2D eigenvalue weighted by Gasteiger charge is 1.85. The minimum atomic E-state index is 0. The van der Waals surface area contributed by atoms with Crippen molar-refractivity contribution in [1.29, 1.82) is 0 Å². The van der Waals surface area contributed by atoms with Crippen molar-refractivity contribution in [1.82, 2.24) is 5.32 Å². The van der Waals surface area contributed by atoms with Crippen molar-refractivity contribution in [3.8, 4) is 0 Å². The van der Waals surface area contributed by atoms with Crippen molar-refractivity contribution in [2.45, 2.75) is 0 Å². The van der Waals surface area contributed by atoms with Gasteiger partial charge in [-0.2, -0.15) is 4.99 Å². The van der Waals surface area contributed by atoms with Gasteiger partial charge in [-0.15, -0.1) is 0 Å². The number of aliphatic imine (C=N–C) groups is 1. The largest absolute Gasteiger partial charge is 1.00 e. The maximum absolute atomic E-state index is 4.44. The first-order valence-corrected chi connectivity index (χ1v) is 3.21. The maximum atomic E-state index is 4.44. The van der Waals surface area contributed by atoms with Crippen LogP contribution in [-0.4, -0.2) is 5.16 Å². The molecule has 1 aliphatic rings. The number of hydrogen-bond acceptors (Lipinski definition) is 3. The summed E-state index contributed by atoms with van der Waals surface area (Å²) in [4.78, 5) is 3.79. The molecule has 1 aliphatic heterocycles. The Morgan fingerprint density at radius 1 is 1.60 bits per heavy atom. The SMILES string of the molecule is S=C=NC1=CC=CNC=C1.[H+]. The van der Waals surface area contributed by atoms with Crippen LogP contribution in [0.25, 0.3) is 0 Å². The number of thiocarbonyl (C=S) groups is 1.